The number of sulfone groups is 1. The molecule has 3 N–H and O–H groups in total. The summed E-state index contributed by atoms with van der Waals surface area (Å²) in [6, 6.07) is 11.4. The van der Waals surface area contributed by atoms with Gasteiger partial charge in [0.05, 0.1) is 22.0 Å². The van der Waals surface area contributed by atoms with E-state index in [0.29, 0.717) is 10.2 Å². The molecule has 0 aliphatic carbocycles. The molecule has 2 rings (SSSR count). The van der Waals surface area contributed by atoms with Crippen molar-refractivity contribution in [3.63, 3.8) is 0 Å². The Balaban J connectivity index is 2.51. The molecule has 116 valence electrons. The molecule has 22 heavy (non-hydrogen) atoms. The van der Waals surface area contributed by atoms with Crippen LogP contribution < -0.4 is 11.1 Å². The number of nitrogens with one attached hydrogen (secondary N) is 1. The van der Waals surface area contributed by atoms with Gasteiger partial charge in [-0.05, 0) is 37.3 Å². The molecule has 0 bridgehead atoms. The molecule has 0 unspecified atom stereocenters. The lowest BCUT2D eigenvalue weighted by Gasteiger charge is -2.12. The molecule has 0 radical (unpaired) electrons. The molecule has 0 saturated carbocycles. The fourth-order valence-corrected chi connectivity index (χ4v) is 3.86. The average Bonchev–Trinajstić information content (AvgIpc) is 2.46. The van der Waals surface area contributed by atoms with Crippen molar-refractivity contribution in [1.29, 1.82) is 0 Å². The first-order valence-electron chi connectivity index (χ1n) is 6.44. The van der Waals surface area contributed by atoms with Gasteiger partial charge in [0.1, 0.15) is 0 Å². The maximum atomic E-state index is 12.8. The van der Waals surface area contributed by atoms with E-state index in [1.807, 2.05) is 6.92 Å². The van der Waals surface area contributed by atoms with Gasteiger partial charge in [0, 0.05) is 4.47 Å². The second-order valence-electron chi connectivity index (χ2n) is 4.78. The number of hydrogen-bond donors (Lipinski definition) is 2. The summed E-state index contributed by atoms with van der Waals surface area (Å²) in [7, 11) is -3.70. The number of amides is 1. The van der Waals surface area contributed by atoms with Crippen LogP contribution in [0.3, 0.4) is 0 Å². The molecule has 0 fully saturated rings. The summed E-state index contributed by atoms with van der Waals surface area (Å²) >= 11 is 3.27. The SMILES string of the molecule is Cc1ccc(S(=O)(=O)c2cc(Br)ccc2NCC(N)=O)cc1. The number of rotatable bonds is 5. The Morgan fingerprint density at radius 2 is 1.82 bits per heavy atom. The molecule has 0 atom stereocenters. The van der Waals surface area contributed by atoms with E-state index in [0.717, 1.165) is 5.56 Å². The molecule has 0 aliphatic rings. The Morgan fingerprint density at radius 1 is 1.18 bits per heavy atom. The minimum absolute atomic E-state index is 0.0898. The van der Waals surface area contributed by atoms with Gasteiger partial charge in [-0.15, -0.1) is 0 Å². The summed E-state index contributed by atoms with van der Waals surface area (Å²) in [4.78, 5) is 11.2. The highest BCUT2D eigenvalue weighted by Gasteiger charge is 2.22. The van der Waals surface area contributed by atoms with Crippen LogP contribution >= 0.6 is 15.9 Å². The zero-order chi connectivity index (χ0) is 16.3. The second kappa shape index (κ2) is 6.50. The Labute approximate surface area is 137 Å². The van der Waals surface area contributed by atoms with Crippen LogP contribution in [0.2, 0.25) is 0 Å². The summed E-state index contributed by atoms with van der Waals surface area (Å²) in [6.07, 6.45) is 0. The van der Waals surface area contributed by atoms with Gasteiger partial charge in [-0.25, -0.2) is 8.42 Å². The predicted octanol–water partition coefficient (Wildman–Crippen LogP) is 2.49. The molecule has 0 aromatic heterocycles. The normalized spacial score (nSPS) is 11.2. The van der Waals surface area contributed by atoms with E-state index < -0.39 is 15.7 Å². The number of carbonyl (C=O) groups is 1. The number of anilines is 1. The highest BCUT2D eigenvalue weighted by molar-refractivity contribution is 9.10. The molecule has 0 saturated heterocycles. The van der Waals surface area contributed by atoms with Gasteiger partial charge in [0.15, 0.2) is 0 Å². The molecular formula is C15H15BrN2O3S. The van der Waals surface area contributed by atoms with Crippen molar-refractivity contribution in [2.75, 3.05) is 11.9 Å². The zero-order valence-electron chi connectivity index (χ0n) is 11.8. The van der Waals surface area contributed by atoms with Crippen molar-refractivity contribution in [1.82, 2.24) is 0 Å². The Kier molecular flexibility index (Phi) is 4.87. The van der Waals surface area contributed by atoms with Crippen molar-refractivity contribution < 1.29 is 13.2 Å². The quantitative estimate of drug-likeness (QED) is 0.830. The van der Waals surface area contributed by atoms with E-state index in [1.54, 1.807) is 36.4 Å². The highest BCUT2D eigenvalue weighted by atomic mass is 79.9. The highest BCUT2D eigenvalue weighted by Crippen LogP contribution is 2.30. The van der Waals surface area contributed by atoms with Crippen molar-refractivity contribution in [2.45, 2.75) is 16.7 Å². The number of aryl methyl sites for hydroxylation is 1. The largest absolute Gasteiger partial charge is 0.375 e. The molecule has 0 heterocycles. The van der Waals surface area contributed by atoms with Gasteiger partial charge in [-0.2, -0.15) is 0 Å². The van der Waals surface area contributed by atoms with Gasteiger partial charge >= 0.3 is 0 Å². The maximum absolute atomic E-state index is 12.8. The van der Waals surface area contributed by atoms with Gasteiger partial charge in [0.2, 0.25) is 15.7 Å². The number of hydrogen-bond acceptors (Lipinski definition) is 4. The second-order valence-corrected chi connectivity index (χ2v) is 7.61. The Hall–Kier alpha value is -1.86. The number of benzene rings is 2. The van der Waals surface area contributed by atoms with Crippen LogP contribution in [-0.2, 0) is 14.6 Å². The van der Waals surface area contributed by atoms with Crippen molar-refractivity contribution in [2.24, 2.45) is 5.73 Å². The van der Waals surface area contributed by atoms with E-state index in [1.165, 1.54) is 6.07 Å². The summed E-state index contributed by atoms with van der Waals surface area (Å²) in [6.45, 7) is 1.74. The molecule has 0 spiro atoms. The molecule has 0 aliphatic heterocycles. The van der Waals surface area contributed by atoms with E-state index >= 15 is 0 Å². The Morgan fingerprint density at radius 3 is 2.41 bits per heavy atom. The first-order valence-corrected chi connectivity index (χ1v) is 8.72. The summed E-state index contributed by atoms with van der Waals surface area (Å²) in [5.74, 6) is -0.568. The first kappa shape index (κ1) is 16.5. The lowest BCUT2D eigenvalue weighted by molar-refractivity contribution is -0.116. The van der Waals surface area contributed by atoms with E-state index in [9.17, 15) is 13.2 Å². The molecule has 2 aromatic rings. The molecule has 2 aromatic carbocycles. The van der Waals surface area contributed by atoms with Crippen LogP contribution in [0.25, 0.3) is 0 Å². The van der Waals surface area contributed by atoms with Crippen LogP contribution in [0, 0.1) is 6.92 Å². The van der Waals surface area contributed by atoms with E-state index in [-0.39, 0.29) is 16.3 Å². The molecule has 7 heteroatoms. The van der Waals surface area contributed by atoms with Gasteiger partial charge in [-0.1, -0.05) is 33.6 Å². The van der Waals surface area contributed by atoms with Crippen molar-refractivity contribution in [3.8, 4) is 0 Å². The first-order chi connectivity index (χ1) is 10.3. The topological polar surface area (TPSA) is 89.3 Å². The van der Waals surface area contributed by atoms with Gasteiger partial charge in [0.25, 0.3) is 0 Å². The van der Waals surface area contributed by atoms with Crippen LogP contribution in [0.4, 0.5) is 5.69 Å². The number of nitrogens with two attached hydrogens (primary N) is 1. The standard InChI is InChI=1S/C15H15BrN2O3S/c1-10-2-5-12(6-3-10)22(20,21)14-8-11(16)4-7-13(14)18-9-15(17)19/h2-8,18H,9H2,1H3,(H2,17,19). The van der Waals surface area contributed by atoms with Crippen LogP contribution in [0.1, 0.15) is 5.56 Å². The predicted molar refractivity (Wildman–Crippen MR) is 88.5 cm³/mol. The van der Waals surface area contributed by atoms with E-state index in [4.69, 9.17) is 5.73 Å². The summed E-state index contributed by atoms with van der Waals surface area (Å²) < 4.78 is 26.2. The molecule has 1 amide bonds. The third-order valence-corrected chi connectivity index (χ3v) is 5.32. The number of carbonyl (C=O) groups excluding carboxylic acids is 1. The van der Waals surface area contributed by atoms with Crippen molar-refractivity contribution in [3.05, 3.63) is 52.5 Å². The summed E-state index contributed by atoms with van der Waals surface area (Å²) in [5.41, 5.74) is 6.41. The fourth-order valence-electron chi connectivity index (χ4n) is 1.89. The molecular weight excluding hydrogens is 368 g/mol. The summed E-state index contributed by atoms with van der Waals surface area (Å²) in [5, 5.41) is 2.75. The number of primary amides is 1. The van der Waals surface area contributed by atoms with Gasteiger partial charge < -0.3 is 11.1 Å². The smallest absolute Gasteiger partial charge is 0.236 e. The van der Waals surface area contributed by atoms with Crippen LogP contribution in [0.5, 0.6) is 0 Å². The monoisotopic (exact) mass is 382 g/mol. The fraction of sp³-hybridized carbons (Fsp3) is 0.133. The minimum atomic E-state index is -3.70. The van der Waals surface area contributed by atoms with Crippen LogP contribution in [-0.4, -0.2) is 20.9 Å². The Bertz CT molecular complexity index is 802. The lowest BCUT2D eigenvalue weighted by atomic mass is 10.2. The number of halogens is 1. The third kappa shape index (κ3) is 3.66. The molecule has 5 nitrogen and oxygen atoms in total. The minimum Gasteiger partial charge on any atom is -0.375 e. The third-order valence-electron chi connectivity index (χ3n) is 3.02. The maximum Gasteiger partial charge on any atom is 0.236 e. The van der Waals surface area contributed by atoms with Crippen molar-refractivity contribution >= 4 is 37.4 Å². The van der Waals surface area contributed by atoms with Crippen LogP contribution in [0.15, 0.2) is 56.7 Å². The lowest BCUT2D eigenvalue weighted by Crippen LogP contribution is -2.22. The van der Waals surface area contributed by atoms with E-state index in [2.05, 4.69) is 21.2 Å². The van der Waals surface area contributed by atoms with Gasteiger partial charge in [-0.3, -0.25) is 4.79 Å². The zero-order valence-corrected chi connectivity index (χ0v) is 14.2. The average molecular weight is 383 g/mol.